The van der Waals surface area contributed by atoms with E-state index in [9.17, 15) is 18.7 Å². The molecule has 1 amide bonds. The molecule has 2 aliphatic carbocycles. The van der Waals surface area contributed by atoms with E-state index < -0.39 is 12.0 Å². The lowest BCUT2D eigenvalue weighted by molar-refractivity contribution is -0.164. The molecule has 1 spiro atoms. The van der Waals surface area contributed by atoms with E-state index >= 15 is 0 Å². The Kier molecular flexibility index (Phi) is 4.84. The normalized spacial score (nSPS) is 29.5. The Morgan fingerprint density at radius 2 is 1.93 bits per heavy atom. The van der Waals surface area contributed by atoms with Crippen LogP contribution in [0.15, 0.2) is 12.1 Å². The number of rotatable bonds is 4. The molecule has 5 nitrogen and oxygen atoms in total. The molecule has 7 heteroatoms. The van der Waals surface area contributed by atoms with Gasteiger partial charge in [0.25, 0.3) is 6.43 Å². The van der Waals surface area contributed by atoms with Gasteiger partial charge >= 0.3 is 0 Å². The van der Waals surface area contributed by atoms with Crippen molar-refractivity contribution in [3.63, 3.8) is 0 Å². The summed E-state index contributed by atoms with van der Waals surface area (Å²) in [4.78, 5) is 18.6. The third-order valence-corrected chi connectivity index (χ3v) is 6.70. The van der Waals surface area contributed by atoms with Gasteiger partial charge in [-0.2, -0.15) is 0 Å². The molecule has 0 atom stereocenters. The molecule has 0 bridgehead atoms. The number of nitrogens with zero attached hydrogens (tertiary/aromatic N) is 2. The van der Waals surface area contributed by atoms with E-state index in [1.807, 2.05) is 4.90 Å². The van der Waals surface area contributed by atoms with Crippen LogP contribution in [0.3, 0.4) is 0 Å². The molecule has 1 aromatic heterocycles. The number of carbonyl (C=O) groups excluding carboxylic acids is 1. The highest BCUT2D eigenvalue weighted by Crippen LogP contribution is 2.47. The zero-order valence-corrected chi connectivity index (χ0v) is 16.5. The second-order valence-corrected chi connectivity index (χ2v) is 9.24. The third kappa shape index (κ3) is 3.73. The topological polar surface area (TPSA) is 62.7 Å². The Morgan fingerprint density at radius 3 is 2.46 bits per heavy atom. The highest BCUT2D eigenvalue weighted by atomic mass is 19.3. The fraction of sp³-hybridized carbons (Fsp3) is 0.714. The maximum Gasteiger partial charge on any atom is 0.265 e. The van der Waals surface area contributed by atoms with Crippen LogP contribution < -0.4 is 4.74 Å². The van der Waals surface area contributed by atoms with Crippen molar-refractivity contribution in [2.45, 2.75) is 70.5 Å². The number of likely N-dealkylation sites (tertiary alicyclic amines) is 1. The van der Waals surface area contributed by atoms with Crippen molar-refractivity contribution in [2.75, 3.05) is 13.1 Å². The van der Waals surface area contributed by atoms with E-state index in [0.29, 0.717) is 24.4 Å². The smallest absolute Gasteiger partial charge is 0.265 e. The molecule has 0 aromatic carbocycles. The minimum Gasteiger partial charge on any atom is -0.474 e. The van der Waals surface area contributed by atoms with Crippen LogP contribution >= 0.6 is 0 Å². The van der Waals surface area contributed by atoms with Crippen LogP contribution in [0.2, 0.25) is 0 Å². The maximum atomic E-state index is 12.8. The standard InChI is InChI=1S/C21H28F2N2O3/c1-13-16(18(22)23)3-4-17(24-13)28-15-5-7-21(8-6-15)11-25(12-21)19(26)14-9-20(2,27)10-14/h3-4,14-15,18,27H,5-12H2,1-2H3. The molecule has 1 saturated heterocycles. The molecule has 3 fully saturated rings. The first-order chi connectivity index (χ1) is 13.2. The first-order valence-electron chi connectivity index (χ1n) is 10.1. The molecular weight excluding hydrogens is 366 g/mol. The number of carbonyl (C=O) groups is 1. The quantitative estimate of drug-likeness (QED) is 0.847. The van der Waals surface area contributed by atoms with E-state index in [1.165, 1.54) is 12.1 Å². The summed E-state index contributed by atoms with van der Waals surface area (Å²) in [6, 6.07) is 2.91. The summed E-state index contributed by atoms with van der Waals surface area (Å²) in [5.41, 5.74) is -0.215. The molecule has 4 rings (SSSR count). The van der Waals surface area contributed by atoms with Gasteiger partial charge in [-0.1, -0.05) is 0 Å². The van der Waals surface area contributed by atoms with Gasteiger partial charge in [-0.15, -0.1) is 0 Å². The van der Waals surface area contributed by atoms with Crippen molar-refractivity contribution in [3.05, 3.63) is 23.4 Å². The van der Waals surface area contributed by atoms with Crippen LogP contribution in [0, 0.1) is 18.3 Å². The van der Waals surface area contributed by atoms with Gasteiger partial charge in [0.1, 0.15) is 6.10 Å². The minimum absolute atomic E-state index is 0.0162. The van der Waals surface area contributed by atoms with Crippen molar-refractivity contribution in [1.29, 1.82) is 0 Å². The monoisotopic (exact) mass is 394 g/mol. The Balaban J connectivity index is 1.25. The molecular formula is C21H28F2N2O3. The summed E-state index contributed by atoms with van der Waals surface area (Å²) in [6.07, 6.45) is 2.43. The SMILES string of the molecule is Cc1nc(OC2CCC3(CC2)CN(C(=O)C2CC(C)(O)C2)C3)ccc1C(F)F. The summed E-state index contributed by atoms with van der Waals surface area (Å²) in [5.74, 6) is 0.581. The van der Waals surface area contributed by atoms with Gasteiger partial charge in [0.15, 0.2) is 0 Å². The lowest BCUT2D eigenvalue weighted by atomic mass is 9.66. The number of alkyl halides is 2. The molecule has 28 heavy (non-hydrogen) atoms. The average Bonchev–Trinajstić information content (AvgIpc) is 2.57. The Morgan fingerprint density at radius 1 is 1.29 bits per heavy atom. The van der Waals surface area contributed by atoms with Crippen LogP contribution in [0.5, 0.6) is 5.88 Å². The molecule has 3 aliphatic rings. The Labute approximate surface area is 164 Å². The van der Waals surface area contributed by atoms with Crippen LogP contribution in [0.25, 0.3) is 0 Å². The predicted octanol–water partition coefficient (Wildman–Crippen LogP) is 3.64. The average molecular weight is 394 g/mol. The van der Waals surface area contributed by atoms with Crippen molar-refractivity contribution in [1.82, 2.24) is 9.88 Å². The van der Waals surface area contributed by atoms with Gasteiger partial charge in [-0.05, 0) is 58.4 Å². The van der Waals surface area contributed by atoms with Crippen molar-refractivity contribution < 1.29 is 23.4 Å². The number of amides is 1. The summed E-state index contributed by atoms with van der Waals surface area (Å²) in [7, 11) is 0. The Hall–Kier alpha value is -1.76. The predicted molar refractivity (Wildman–Crippen MR) is 99.2 cm³/mol. The number of aliphatic hydroxyl groups is 1. The van der Waals surface area contributed by atoms with Gasteiger partial charge in [-0.3, -0.25) is 4.79 Å². The van der Waals surface area contributed by atoms with Gasteiger partial charge in [0.2, 0.25) is 11.8 Å². The van der Waals surface area contributed by atoms with Crippen LogP contribution in [-0.2, 0) is 4.79 Å². The minimum atomic E-state index is -2.52. The summed E-state index contributed by atoms with van der Waals surface area (Å²) in [6.45, 7) is 4.97. The number of hydrogen-bond donors (Lipinski definition) is 1. The molecule has 1 aliphatic heterocycles. The second-order valence-electron chi connectivity index (χ2n) is 9.24. The maximum absolute atomic E-state index is 12.8. The second kappa shape index (κ2) is 6.94. The fourth-order valence-corrected chi connectivity index (χ4v) is 5.01. The zero-order valence-electron chi connectivity index (χ0n) is 16.5. The first kappa shape index (κ1) is 19.6. The van der Waals surface area contributed by atoms with Crippen LogP contribution in [0.1, 0.15) is 63.1 Å². The van der Waals surface area contributed by atoms with Crippen molar-refractivity contribution in [2.24, 2.45) is 11.3 Å². The Bertz CT molecular complexity index is 744. The summed E-state index contributed by atoms with van der Waals surface area (Å²) >= 11 is 0. The number of hydrogen-bond acceptors (Lipinski definition) is 4. The van der Waals surface area contributed by atoms with Gasteiger partial charge < -0.3 is 14.7 Å². The van der Waals surface area contributed by atoms with E-state index in [2.05, 4.69) is 4.98 Å². The largest absolute Gasteiger partial charge is 0.474 e. The number of pyridine rings is 1. The van der Waals surface area contributed by atoms with Crippen molar-refractivity contribution in [3.8, 4) is 5.88 Å². The molecule has 1 N–H and O–H groups in total. The highest BCUT2D eigenvalue weighted by molar-refractivity contribution is 5.81. The number of aromatic nitrogens is 1. The van der Waals surface area contributed by atoms with Crippen molar-refractivity contribution >= 4 is 5.91 Å². The molecule has 0 radical (unpaired) electrons. The summed E-state index contributed by atoms with van der Waals surface area (Å²) in [5, 5.41) is 9.83. The van der Waals surface area contributed by atoms with E-state index in [0.717, 1.165) is 38.8 Å². The summed E-state index contributed by atoms with van der Waals surface area (Å²) < 4.78 is 31.6. The molecule has 154 valence electrons. The van der Waals surface area contributed by atoms with Gasteiger partial charge in [0.05, 0.1) is 11.3 Å². The fourth-order valence-electron chi connectivity index (χ4n) is 5.01. The molecule has 1 aromatic rings. The van der Waals surface area contributed by atoms with E-state index in [-0.39, 0.29) is 28.9 Å². The van der Waals surface area contributed by atoms with Crippen LogP contribution in [-0.4, -0.2) is 45.7 Å². The zero-order chi connectivity index (χ0) is 20.1. The third-order valence-electron chi connectivity index (χ3n) is 6.70. The van der Waals surface area contributed by atoms with Crippen LogP contribution in [0.4, 0.5) is 8.78 Å². The number of aryl methyl sites for hydroxylation is 1. The molecule has 2 saturated carbocycles. The number of halogens is 2. The first-order valence-corrected chi connectivity index (χ1v) is 10.1. The molecule has 2 heterocycles. The lowest BCUT2D eigenvalue weighted by Crippen LogP contribution is -2.63. The highest BCUT2D eigenvalue weighted by Gasteiger charge is 2.51. The van der Waals surface area contributed by atoms with E-state index in [1.54, 1.807) is 13.8 Å². The molecule has 0 unspecified atom stereocenters. The number of ether oxygens (including phenoxy) is 1. The van der Waals surface area contributed by atoms with Gasteiger partial charge in [-0.25, -0.2) is 13.8 Å². The van der Waals surface area contributed by atoms with Gasteiger partial charge in [0, 0.05) is 36.1 Å². The van der Waals surface area contributed by atoms with E-state index in [4.69, 9.17) is 4.74 Å². The lowest BCUT2D eigenvalue weighted by Gasteiger charge is -2.55.